The molecule has 15 heteroatoms. The van der Waals surface area contributed by atoms with E-state index >= 15 is 0 Å². The third kappa shape index (κ3) is 17.2. The number of nitrogens with one attached hydrogen (secondary N) is 6. The highest BCUT2D eigenvalue weighted by atomic mass is 35.5. The number of aryl methyl sites for hydroxylation is 1. The first-order chi connectivity index (χ1) is 28.4. The number of hydrogen-bond acceptors (Lipinski definition) is 6. The monoisotopic (exact) mass is 904 g/mol. The summed E-state index contributed by atoms with van der Waals surface area (Å²) in [6.07, 6.45) is 0.902. The smallest absolute Gasteiger partial charge is 0.171 e. The van der Waals surface area contributed by atoms with Crippen molar-refractivity contribution in [2.24, 2.45) is 0 Å². The molecule has 0 aliphatic carbocycles. The van der Waals surface area contributed by atoms with Crippen LogP contribution < -0.4 is 31.9 Å². The van der Waals surface area contributed by atoms with Gasteiger partial charge in [0.05, 0.1) is 15.1 Å². The third-order valence-electron chi connectivity index (χ3n) is 8.16. The van der Waals surface area contributed by atoms with Gasteiger partial charge in [-0.3, -0.25) is 0 Å². The Morgan fingerprint density at radius 1 is 0.475 bits per heavy atom. The van der Waals surface area contributed by atoms with E-state index < -0.39 is 0 Å². The number of phenols is 3. The summed E-state index contributed by atoms with van der Waals surface area (Å²) in [7, 11) is 0. The second kappa shape index (κ2) is 24.6. The van der Waals surface area contributed by atoms with Gasteiger partial charge in [-0.15, -0.1) is 0 Å². The highest BCUT2D eigenvalue weighted by Gasteiger charge is 2.05. The Bertz CT molecular complexity index is 2310. The molecule has 0 spiro atoms. The van der Waals surface area contributed by atoms with Gasteiger partial charge < -0.3 is 47.2 Å². The first kappa shape index (κ1) is 46.4. The summed E-state index contributed by atoms with van der Waals surface area (Å²) in [5.74, 6) is 0.159. The van der Waals surface area contributed by atoms with Crippen molar-refractivity contribution in [2.75, 3.05) is 22.5 Å². The molecule has 0 aromatic heterocycles. The van der Waals surface area contributed by atoms with Crippen molar-refractivity contribution < 1.29 is 15.3 Å². The van der Waals surface area contributed by atoms with Crippen molar-refractivity contribution >= 4 is 104 Å². The average molecular weight is 906 g/mol. The summed E-state index contributed by atoms with van der Waals surface area (Å²) in [6, 6.07) is 42.9. The Balaban J connectivity index is 0.000000196. The molecule has 6 aromatic carbocycles. The summed E-state index contributed by atoms with van der Waals surface area (Å²) in [6.45, 7) is 4.12. The average Bonchev–Trinajstić information content (AvgIpc) is 3.22. The number of halogens is 3. The van der Waals surface area contributed by atoms with Gasteiger partial charge in [0, 0.05) is 36.7 Å². The maximum atomic E-state index is 9.35. The zero-order valence-corrected chi connectivity index (χ0v) is 36.5. The normalized spacial score (nSPS) is 10.0. The lowest BCUT2D eigenvalue weighted by atomic mass is 10.1. The SMILES string of the molecule is Cc1ccccc1CNC(=S)Nc1ccc(O)c(Cl)c1.Oc1ccc(NC(=S)NCCc2ccccc2)cc1Cl.Oc1ccc(NC(=S)NCc2ccccc2)cc1Cl. The van der Waals surface area contributed by atoms with Crippen LogP contribution in [0.2, 0.25) is 15.1 Å². The van der Waals surface area contributed by atoms with Crippen LogP contribution in [0.4, 0.5) is 17.1 Å². The fourth-order valence-electron chi connectivity index (χ4n) is 5.01. The van der Waals surface area contributed by atoms with Crippen molar-refractivity contribution in [1.29, 1.82) is 0 Å². The predicted octanol–water partition coefficient (Wildman–Crippen LogP) is 10.9. The highest BCUT2D eigenvalue weighted by Crippen LogP contribution is 2.28. The first-order valence-corrected chi connectivity index (χ1v) is 20.4. The number of hydrogen-bond donors (Lipinski definition) is 9. The molecule has 0 radical (unpaired) electrons. The molecular weight excluding hydrogens is 863 g/mol. The zero-order valence-electron chi connectivity index (χ0n) is 31.8. The van der Waals surface area contributed by atoms with Crippen LogP contribution in [0.1, 0.15) is 22.3 Å². The Hall–Kier alpha value is -5.34. The number of thiocarbonyl (C=S) groups is 3. The standard InChI is InChI=1S/2C15H15ClN2OS.C14H13ClN2OS/c1-10-4-2-3-5-11(10)9-17-15(20)18-12-6-7-14(19)13(16)8-12;16-13-10-12(6-7-14(13)19)18-15(20)17-9-8-11-4-2-1-3-5-11;15-12-8-11(6-7-13(12)18)17-14(19)16-9-10-4-2-1-3-5-10/h2-8,19H,9H2,1H3,(H2,17,18,20);1-7,10,19H,8-9H2,(H2,17,18,20);1-8,18H,9H2,(H2,16,17,19). The minimum atomic E-state index is 0.0513. The van der Waals surface area contributed by atoms with Crippen LogP contribution in [0.25, 0.3) is 0 Å². The van der Waals surface area contributed by atoms with Gasteiger partial charge in [0.2, 0.25) is 0 Å². The molecule has 0 amide bonds. The minimum Gasteiger partial charge on any atom is -0.506 e. The summed E-state index contributed by atoms with van der Waals surface area (Å²) in [5, 5.41) is 48.8. The molecular formula is C44H43Cl3N6O3S3. The van der Waals surface area contributed by atoms with Crippen molar-refractivity contribution in [3.63, 3.8) is 0 Å². The second-order valence-corrected chi connectivity index (χ2v) is 15.1. The zero-order chi connectivity index (χ0) is 42.6. The minimum absolute atomic E-state index is 0.0513. The number of rotatable bonds is 10. The molecule has 0 aliphatic heterocycles. The molecule has 306 valence electrons. The van der Waals surface area contributed by atoms with Crippen LogP contribution in [0.5, 0.6) is 17.2 Å². The lowest BCUT2D eigenvalue weighted by Crippen LogP contribution is -2.30. The van der Waals surface area contributed by atoms with Gasteiger partial charge in [0.15, 0.2) is 15.3 Å². The lowest BCUT2D eigenvalue weighted by Gasteiger charge is -2.12. The first-order valence-electron chi connectivity index (χ1n) is 18.1. The molecule has 9 nitrogen and oxygen atoms in total. The maximum absolute atomic E-state index is 9.35. The lowest BCUT2D eigenvalue weighted by molar-refractivity contribution is 0.475. The molecule has 0 unspecified atom stereocenters. The molecule has 0 fully saturated rings. The van der Waals surface area contributed by atoms with Crippen LogP contribution in [-0.4, -0.2) is 37.2 Å². The van der Waals surface area contributed by atoms with Crippen molar-refractivity contribution in [2.45, 2.75) is 26.4 Å². The van der Waals surface area contributed by atoms with E-state index in [1.807, 2.05) is 60.7 Å². The number of aromatic hydroxyl groups is 3. The van der Waals surface area contributed by atoms with Gasteiger partial charge in [-0.2, -0.15) is 0 Å². The molecule has 0 aliphatic rings. The van der Waals surface area contributed by atoms with Gasteiger partial charge in [-0.25, -0.2) is 0 Å². The molecule has 9 N–H and O–H groups in total. The van der Waals surface area contributed by atoms with Crippen LogP contribution in [-0.2, 0) is 19.5 Å². The Labute approximate surface area is 375 Å². The molecule has 59 heavy (non-hydrogen) atoms. The maximum Gasteiger partial charge on any atom is 0.171 e. The van der Waals surface area contributed by atoms with Crippen molar-refractivity contribution in [3.05, 3.63) is 177 Å². The van der Waals surface area contributed by atoms with E-state index in [1.165, 1.54) is 34.9 Å². The van der Waals surface area contributed by atoms with E-state index in [9.17, 15) is 15.3 Å². The van der Waals surface area contributed by atoms with Crippen LogP contribution >= 0.6 is 71.5 Å². The van der Waals surface area contributed by atoms with E-state index in [0.717, 1.165) is 35.6 Å². The number of benzene rings is 6. The molecule has 0 saturated heterocycles. The third-order valence-corrected chi connectivity index (χ3v) is 9.80. The Morgan fingerprint density at radius 2 is 0.864 bits per heavy atom. The fraction of sp³-hybridized carbons (Fsp3) is 0.114. The Kier molecular flexibility index (Phi) is 19.3. The van der Waals surface area contributed by atoms with E-state index in [-0.39, 0.29) is 27.3 Å². The topological polar surface area (TPSA) is 133 Å². The molecule has 0 heterocycles. The quantitative estimate of drug-likeness (QED) is 0.0479. The van der Waals surface area contributed by atoms with E-state index in [4.69, 9.17) is 71.5 Å². The number of phenolic OH excluding ortho intramolecular Hbond substituents is 3. The van der Waals surface area contributed by atoms with Gasteiger partial charge >= 0.3 is 0 Å². The number of anilines is 3. The van der Waals surface area contributed by atoms with E-state index in [2.05, 4.69) is 63.1 Å². The molecule has 6 aromatic rings. The molecule has 0 saturated carbocycles. The van der Waals surface area contributed by atoms with Crippen LogP contribution in [0, 0.1) is 6.92 Å². The molecule has 0 bridgehead atoms. The molecule has 6 rings (SSSR count). The van der Waals surface area contributed by atoms with Gasteiger partial charge in [-0.05, 0) is 127 Å². The largest absolute Gasteiger partial charge is 0.506 e. The summed E-state index contributed by atoms with van der Waals surface area (Å²) >= 11 is 33.1. The van der Waals surface area contributed by atoms with Gasteiger partial charge in [0.25, 0.3) is 0 Å². The second-order valence-electron chi connectivity index (χ2n) is 12.6. The summed E-state index contributed by atoms with van der Waals surface area (Å²) in [5.41, 5.74) is 7.02. The van der Waals surface area contributed by atoms with Crippen molar-refractivity contribution in [1.82, 2.24) is 16.0 Å². The summed E-state index contributed by atoms with van der Waals surface area (Å²) in [4.78, 5) is 0. The summed E-state index contributed by atoms with van der Waals surface area (Å²) < 4.78 is 0. The van der Waals surface area contributed by atoms with Gasteiger partial charge in [-0.1, -0.05) is 120 Å². The molecule has 0 atom stereocenters. The fourth-order valence-corrected chi connectivity index (χ4v) is 6.15. The van der Waals surface area contributed by atoms with E-state index in [1.54, 1.807) is 36.4 Å². The van der Waals surface area contributed by atoms with Crippen LogP contribution in [0.15, 0.2) is 140 Å². The Morgan fingerprint density at radius 3 is 1.31 bits per heavy atom. The van der Waals surface area contributed by atoms with Gasteiger partial charge in [0.1, 0.15) is 17.2 Å². The van der Waals surface area contributed by atoms with E-state index in [0.29, 0.717) is 33.4 Å². The van der Waals surface area contributed by atoms with Crippen LogP contribution in [0.3, 0.4) is 0 Å². The highest BCUT2D eigenvalue weighted by molar-refractivity contribution is 7.80. The predicted molar refractivity (Wildman–Crippen MR) is 257 cm³/mol. The van der Waals surface area contributed by atoms with Crippen molar-refractivity contribution in [3.8, 4) is 17.2 Å².